The lowest BCUT2D eigenvalue weighted by Crippen LogP contribution is -2.38. The number of amides is 2. The van der Waals surface area contributed by atoms with Gasteiger partial charge in [-0.25, -0.2) is 4.98 Å². The molecule has 0 radical (unpaired) electrons. The molecule has 7 nitrogen and oxygen atoms in total. The first kappa shape index (κ1) is 21.0. The molecule has 7 heteroatoms. The molecule has 0 saturated carbocycles. The summed E-state index contributed by atoms with van der Waals surface area (Å²) < 4.78 is 10.5. The van der Waals surface area contributed by atoms with Gasteiger partial charge in [0.2, 0.25) is 5.91 Å². The van der Waals surface area contributed by atoms with Crippen LogP contribution < -0.4 is 20.1 Å². The Morgan fingerprint density at radius 3 is 2.32 bits per heavy atom. The molecular weight excluding hydrogens is 358 g/mol. The Hall–Kier alpha value is -3.35. The molecule has 0 bridgehead atoms. The van der Waals surface area contributed by atoms with Gasteiger partial charge in [-0.15, -0.1) is 0 Å². The third kappa shape index (κ3) is 5.57. The Bertz CT molecular complexity index is 871. The molecule has 1 aromatic heterocycles. The SMILES string of the molecule is COc1ccc(/C=C(/NC(=O)C(C)(C)C)C(=O)Nc2ccccn2)cc1OC. The molecule has 2 aromatic rings. The zero-order valence-corrected chi connectivity index (χ0v) is 16.7. The summed E-state index contributed by atoms with van der Waals surface area (Å²) in [6.07, 6.45) is 3.14. The predicted molar refractivity (Wildman–Crippen MR) is 108 cm³/mol. The lowest BCUT2D eigenvalue weighted by molar-refractivity contribution is -0.128. The fourth-order valence-corrected chi connectivity index (χ4v) is 2.20. The van der Waals surface area contributed by atoms with Crippen LogP contribution >= 0.6 is 0 Å². The number of nitrogens with one attached hydrogen (secondary N) is 2. The van der Waals surface area contributed by atoms with Crippen LogP contribution in [0.2, 0.25) is 0 Å². The summed E-state index contributed by atoms with van der Waals surface area (Å²) in [7, 11) is 3.07. The monoisotopic (exact) mass is 383 g/mol. The molecule has 0 spiro atoms. The highest BCUT2D eigenvalue weighted by molar-refractivity contribution is 6.08. The van der Waals surface area contributed by atoms with Gasteiger partial charge in [-0.05, 0) is 35.9 Å². The van der Waals surface area contributed by atoms with Crippen LogP contribution in [0.25, 0.3) is 6.08 Å². The van der Waals surface area contributed by atoms with Crippen molar-refractivity contribution in [3.63, 3.8) is 0 Å². The number of hydrogen-bond acceptors (Lipinski definition) is 5. The van der Waals surface area contributed by atoms with E-state index in [1.165, 1.54) is 7.11 Å². The van der Waals surface area contributed by atoms with Gasteiger partial charge in [0.1, 0.15) is 11.5 Å². The first-order chi connectivity index (χ1) is 13.2. The number of aromatic nitrogens is 1. The van der Waals surface area contributed by atoms with Gasteiger partial charge in [0.25, 0.3) is 5.91 Å². The molecule has 2 N–H and O–H groups in total. The van der Waals surface area contributed by atoms with Gasteiger partial charge in [-0.2, -0.15) is 0 Å². The van der Waals surface area contributed by atoms with Gasteiger partial charge < -0.3 is 20.1 Å². The van der Waals surface area contributed by atoms with E-state index in [0.29, 0.717) is 22.9 Å². The van der Waals surface area contributed by atoms with E-state index >= 15 is 0 Å². The number of benzene rings is 1. The molecule has 148 valence electrons. The van der Waals surface area contributed by atoms with E-state index in [-0.39, 0.29) is 11.6 Å². The predicted octanol–water partition coefficient (Wildman–Crippen LogP) is 3.24. The highest BCUT2D eigenvalue weighted by atomic mass is 16.5. The van der Waals surface area contributed by atoms with Gasteiger partial charge in [0, 0.05) is 11.6 Å². The van der Waals surface area contributed by atoms with Crippen LogP contribution in [0.5, 0.6) is 11.5 Å². The first-order valence-electron chi connectivity index (χ1n) is 8.72. The largest absolute Gasteiger partial charge is 0.493 e. The summed E-state index contributed by atoms with van der Waals surface area (Å²) >= 11 is 0. The molecule has 28 heavy (non-hydrogen) atoms. The lowest BCUT2D eigenvalue weighted by atomic mass is 9.95. The fourth-order valence-electron chi connectivity index (χ4n) is 2.20. The molecule has 0 aliphatic carbocycles. The first-order valence-corrected chi connectivity index (χ1v) is 8.72. The van der Waals surface area contributed by atoms with Crippen LogP contribution in [-0.2, 0) is 9.59 Å². The van der Waals surface area contributed by atoms with Crippen molar-refractivity contribution >= 4 is 23.7 Å². The quantitative estimate of drug-likeness (QED) is 0.748. The van der Waals surface area contributed by atoms with E-state index < -0.39 is 11.3 Å². The highest BCUT2D eigenvalue weighted by Gasteiger charge is 2.24. The van der Waals surface area contributed by atoms with Crippen molar-refractivity contribution in [1.82, 2.24) is 10.3 Å². The van der Waals surface area contributed by atoms with Crippen LogP contribution in [0.1, 0.15) is 26.3 Å². The zero-order chi connectivity index (χ0) is 20.7. The van der Waals surface area contributed by atoms with Gasteiger partial charge in [-0.1, -0.05) is 32.9 Å². The van der Waals surface area contributed by atoms with E-state index in [1.807, 2.05) is 0 Å². The van der Waals surface area contributed by atoms with Crippen molar-refractivity contribution in [2.45, 2.75) is 20.8 Å². The Kier molecular flexibility index (Phi) is 6.76. The van der Waals surface area contributed by atoms with E-state index in [4.69, 9.17) is 9.47 Å². The molecule has 0 aliphatic heterocycles. The van der Waals surface area contributed by atoms with Gasteiger partial charge in [0.05, 0.1) is 14.2 Å². The molecule has 0 fully saturated rings. The number of carbonyl (C=O) groups is 2. The smallest absolute Gasteiger partial charge is 0.273 e. The Morgan fingerprint density at radius 2 is 1.75 bits per heavy atom. The van der Waals surface area contributed by atoms with Gasteiger partial charge >= 0.3 is 0 Å². The molecule has 2 amide bonds. The van der Waals surface area contributed by atoms with Crippen molar-refractivity contribution in [2.24, 2.45) is 5.41 Å². The number of pyridine rings is 1. The molecule has 0 saturated heterocycles. The van der Waals surface area contributed by atoms with Crippen LogP contribution in [0, 0.1) is 5.41 Å². The maximum atomic E-state index is 12.8. The van der Waals surface area contributed by atoms with Crippen molar-refractivity contribution in [2.75, 3.05) is 19.5 Å². The van der Waals surface area contributed by atoms with Gasteiger partial charge in [0.15, 0.2) is 11.5 Å². The van der Waals surface area contributed by atoms with E-state index in [2.05, 4.69) is 15.6 Å². The minimum Gasteiger partial charge on any atom is -0.493 e. The minimum atomic E-state index is -0.665. The molecular formula is C21H25N3O4. The van der Waals surface area contributed by atoms with E-state index in [9.17, 15) is 9.59 Å². The average molecular weight is 383 g/mol. The highest BCUT2D eigenvalue weighted by Crippen LogP contribution is 2.28. The number of ether oxygens (including phenoxy) is 2. The number of methoxy groups -OCH3 is 2. The molecule has 0 atom stereocenters. The van der Waals surface area contributed by atoms with Crippen molar-refractivity contribution in [1.29, 1.82) is 0 Å². The van der Waals surface area contributed by atoms with Crippen LogP contribution in [0.15, 0.2) is 48.3 Å². The summed E-state index contributed by atoms with van der Waals surface area (Å²) in [5, 5.41) is 5.38. The summed E-state index contributed by atoms with van der Waals surface area (Å²) in [6.45, 7) is 5.31. The molecule has 1 aromatic carbocycles. The average Bonchev–Trinajstić information content (AvgIpc) is 2.67. The summed E-state index contributed by atoms with van der Waals surface area (Å²) in [5.41, 5.74) is 0.0953. The number of hydrogen-bond donors (Lipinski definition) is 2. The standard InChI is InChI=1S/C21H25N3O4/c1-21(2,3)20(26)23-15(19(25)24-18-8-6-7-11-22-18)12-14-9-10-16(27-4)17(13-14)28-5/h6-13H,1-5H3,(H,23,26)(H,22,24,25)/b15-12+. The maximum Gasteiger partial charge on any atom is 0.273 e. The van der Waals surface area contributed by atoms with Crippen molar-refractivity contribution in [3.05, 3.63) is 53.9 Å². The summed E-state index contributed by atoms with van der Waals surface area (Å²) in [5.74, 6) is 0.706. The minimum absolute atomic E-state index is 0.0952. The number of anilines is 1. The van der Waals surface area contributed by atoms with E-state index in [1.54, 1.807) is 76.6 Å². The molecule has 0 aliphatic rings. The fraction of sp³-hybridized carbons (Fsp3) is 0.286. The Labute approximate surface area is 164 Å². The molecule has 2 rings (SSSR count). The maximum absolute atomic E-state index is 12.8. The third-order valence-corrected chi connectivity index (χ3v) is 3.80. The van der Waals surface area contributed by atoms with Crippen LogP contribution in [0.4, 0.5) is 5.82 Å². The Morgan fingerprint density at radius 1 is 1.04 bits per heavy atom. The molecule has 1 heterocycles. The third-order valence-electron chi connectivity index (χ3n) is 3.80. The number of nitrogens with zero attached hydrogens (tertiary/aromatic N) is 1. The topological polar surface area (TPSA) is 89.5 Å². The lowest BCUT2D eigenvalue weighted by Gasteiger charge is -2.19. The van der Waals surface area contributed by atoms with Crippen molar-refractivity contribution < 1.29 is 19.1 Å². The van der Waals surface area contributed by atoms with E-state index in [0.717, 1.165) is 0 Å². The zero-order valence-electron chi connectivity index (χ0n) is 16.7. The second-order valence-electron chi connectivity index (χ2n) is 7.05. The van der Waals surface area contributed by atoms with Crippen LogP contribution in [0.3, 0.4) is 0 Å². The second-order valence-corrected chi connectivity index (χ2v) is 7.05. The van der Waals surface area contributed by atoms with Gasteiger partial charge in [-0.3, -0.25) is 9.59 Å². The summed E-state index contributed by atoms with van der Waals surface area (Å²) in [6, 6.07) is 10.4. The second kappa shape index (κ2) is 9.03. The number of rotatable bonds is 6. The summed E-state index contributed by atoms with van der Waals surface area (Å²) in [4.78, 5) is 29.3. The van der Waals surface area contributed by atoms with Crippen LogP contribution in [-0.4, -0.2) is 31.0 Å². The van der Waals surface area contributed by atoms with Crippen molar-refractivity contribution in [3.8, 4) is 11.5 Å². The molecule has 0 unspecified atom stereocenters. The number of carbonyl (C=O) groups excluding carboxylic acids is 2. The Balaban J connectivity index is 2.38. The normalized spacial score (nSPS) is 11.5.